The van der Waals surface area contributed by atoms with E-state index in [0.29, 0.717) is 6.10 Å². The molecule has 0 radical (unpaired) electrons. The summed E-state index contributed by atoms with van der Waals surface area (Å²) in [5.74, 6) is 0. The number of hydrogen-bond donors (Lipinski definition) is 0. The molecule has 0 amide bonds. The maximum atomic E-state index is 7.29. The van der Waals surface area contributed by atoms with E-state index in [1.807, 2.05) is 0 Å². The number of hydrogen-bond acceptors (Lipinski definition) is 1. The lowest BCUT2D eigenvalue weighted by Gasteiger charge is -2.02. The van der Waals surface area contributed by atoms with Crippen LogP contribution in [0, 0.1) is 0 Å². The largest absolute Gasteiger partial charge is 0.381 e. The Labute approximate surface area is 46.1 Å². The average Bonchev–Trinajstić information content (AvgIpc) is 2.14. The van der Waals surface area contributed by atoms with Gasteiger partial charge in [0.05, 0.1) is 6.10 Å². The molecule has 2 unspecified atom stereocenters. The average molecular weight is 102 g/mol. The van der Waals surface area contributed by atoms with Crippen LogP contribution in [0.15, 0.2) is 0 Å². The summed E-state index contributed by atoms with van der Waals surface area (Å²) >= 11 is 0. The van der Waals surface area contributed by atoms with Gasteiger partial charge in [-0.3, -0.25) is 0 Å². The molecule has 1 saturated carbocycles. The standard InChI is InChI=1S/C6H12O/c1-7-6-4-2-3-5-6/h6H,2-5H2,1H3/i2T. The Kier molecular flexibility index (Phi) is 1.29. The maximum absolute atomic E-state index is 7.29. The summed E-state index contributed by atoms with van der Waals surface area (Å²) in [4.78, 5) is 0. The molecule has 1 aliphatic carbocycles. The van der Waals surface area contributed by atoms with Gasteiger partial charge in [-0.15, -0.1) is 0 Å². The van der Waals surface area contributed by atoms with Gasteiger partial charge in [-0.1, -0.05) is 12.8 Å². The highest BCUT2D eigenvalue weighted by atomic mass is 16.5. The van der Waals surface area contributed by atoms with E-state index in [2.05, 4.69) is 0 Å². The second-order valence-electron chi connectivity index (χ2n) is 1.96. The van der Waals surface area contributed by atoms with Gasteiger partial charge in [0.1, 0.15) is 0 Å². The third kappa shape index (κ3) is 1.16. The third-order valence-corrected chi connectivity index (χ3v) is 1.46. The minimum Gasteiger partial charge on any atom is -0.381 e. The van der Waals surface area contributed by atoms with Gasteiger partial charge < -0.3 is 4.74 Å². The highest BCUT2D eigenvalue weighted by Crippen LogP contribution is 2.19. The van der Waals surface area contributed by atoms with Crippen molar-refractivity contribution in [3.63, 3.8) is 0 Å². The van der Waals surface area contributed by atoms with E-state index in [1.54, 1.807) is 7.11 Å². The molecule has 1 heteroatoms. The Hall–Kier alpha value is -0.0400. The number of methoxy groups -OCH3 is 1. The molecule has 0 spiro atoms. The SMILES string of the molecule is [3H]C1CCC(OC)C1. The molecule has 0 N–H and O–H groups in total. The fourth-order valence-electron chi connectivity index (χ4n) is 0.939. The van der Waals surface area contributed by atoms with Gasteiger partial charge in [0.15, 0.2) is 0 Å². The topological polar surface area (TPSA) is 9.23 Å². The smallest absolute Gasteiger partial charge is 0.0571 e. The van der Waals surface area contributed by atoms with E-state index in [0.717, 1.165) is 19.3 Å². The van der Waals surface area contributed by atoms with Gasteiger partial charge in [-0.2, -0.15) is 0 Å². The fourth-order valence-corrected chi connectivity index (χ4v) is 0.939. The molecule has 0 aliphatic heterocycles. The highest BCUT2D eigenvalue weighted by Gasteiger charge is 2.12. The first-order valence-corrected chi connectivity index (χ1v) is 2.78. The Morgan fingerprint density at radius 2 is 2.57 bits per heavy atom. The molecule has 2 atom stereocenters. The zero-order valence-corrected chi connectivity index (χ0v) is 4.68. The van der Waals surface area contributed by atoms with Crippen molar-refractivity contribution in [1.29, 1.82) is 0 Å². The van der Waals surface area contributed by atoms with Gasteiger partial charge in [0.2, 0.25) is 0 Å². The van der Waals surface area contributed by atoms with Crippen LogP contribution < -0.4 is 0 Å². The van der Waals surface area contributed by atoms with Crippen LogP contribution in [0.5, 0.6) is 0 Å². The summed E-state index contributed by atoms with van der Waals surface area (Å²) in [6, 6.07) is 0. The van der Waals surface area contributed by atoms with Gasteiger partial charge in [-0.25, -0.2) is 0 Å². The fraction of sp³-hybridized carbons (Fsp3) is 1.00. The van der Waals surface area contributed by atoms with Crippen LogP contribution in [0.3, 0.4) is 0 Å². The van der Waals surface area contributed by atoms with Crippen LogP contribution in [0.4, 0.5) is 0 Å². The molecule has 0 aromatic heterocycles. The number of ether oxygens (including phenoxy) is 1. The summed E-state index contributed by atoms with van der Waals surface area (Å²) in [5.41, 5.74) is 0. The third-order valence-electron chi connectivity index (χ3n) is 1.46. The predicted molar refractivity (Wildman–Crippen MR) is 29.3 cm³/mol. The van der Waals surface area contributed by atoms with Crippen LogP contribution >= 0.6 is 0 Å². The lowest BCUT2D eigenvalue weighted by molar-refractivity contribution is 0.109. The van der Waals surface area contributed by atoms with Crippen molar-refractivity contribution in [2.24, 2.45) is 0 Å². The molecule has 42 valence electrons. The van der Waals surface area contributed by atoms with E-state index in [9.17, 15) is 0 Å². The van der Waals surface area contributed by atoms with Gasteiger partial charge in [0.25, 0.3) is 0 Å². The monoisotopic (exact) mass is 102 g/mol. The summed E-state index contributed by atoms with van der Waals surface area (Å²) in [5, 5.41) is 0. The minimum absolute atomic E-state index is 0.153. The maximum Gasteiger partial charge on any atom is 0.0571 e. The van der Waals surface area contributed by atoms with Gasteiger partial charge >= 0.3 is 0 Å². The molecular weight excluding hydrogens is 88.1 g/mol. The minimum atomic E-state index is 0.153. The van der Waals surface area contributed by atoms with Crippen LogP contribution in [0.1, 0.15) is 27.0 Å². The van der Waals surface area contributed by atoms with Crippen molar-refractivity contribution in [2.75, 3.05) is 7.11 Å². The van der Waals surface area contributed by atoms with E-state index >= 15 is 0 Å². The zero-order valence-electron chi connectivity index (χ0n) is 5.68. The zero-order chi connectivity index (χ0) is 5.98. The number of rotatable bonds is 1. The normalized spacial score (nSPS) is 43.9. The van der Waals surface area contributed by atoms with Crippen molar-refractivity contribution in [2.45, 2.75) is 31.8 Å². The molecule has 0 heterocycles. The predicted octanol–water partition coefficient (Wildman–Crippen LogP) is 1.58. The first-order chi connectivity index (χ1) is 3.83. The molecular formula is C6H12O. The van der Waals surface area contributed by atoms with Crippen molar-refractivity contribution >= 4 is 0 Å². The van der Waals surface area contributed by atoms with Crippen LogP contribution in [0.2, 0.25) is 0 Å². The Bertz CT molecular complexity index is 74.9. The summed E-state index contributed by atoms with van der Waals surface area (Å²) in [6.07, 6.45) is 3.59. The van der Waals surface area contributed by atoms with E-state index < -0.39 is 0 Å². The van der Waals surface area contributed by atoms with Crippen molar-refractivity contribution < 1.29 is 6.11 Å². The molecule has 1 fully saturated rings. The molecule has 0 aromatic rings. The molecule has 1 rings (SSSR count). The van der Waals surface area contributed by atoms with E-state index in [4.69, 9.17) is 6.11 Å². The lowest BCUT2D eigenvalue weighted by Crippen LogP contribution is -2.01. The Morgan fingerprint density at radius 1 is 1.71 bits per heavy atom. The quantitative estimate of drug-likeness (QED) is 0.488. The van der Waals surface area contributed by atoms with E-state index in [-0.39, 0.29) is 6.40 Å². The molecule has 0 aromatic carbocycles. The van der Waals surface area contributed by atoms with Crippen LogP contribution in [-0.4, -0.2) is 13.2 Å². The first kappa shape index (κ1) is 3.90. The first-order valence-electron chi connectivity index (χ1n) is 3.35. The molecule has 0 bridgehead atoms. The van der Waals surface area contributed by atoms with Crippen molar-refractivity contribution in [3.8, 4) is 0 Å². The van der Waals surface area contributed by atoms with Gasteiger partial charge in [0, 0.05) is 8.48 Å². The summed E-state index contributed by atoms with van der Waals surface area (Å²) < 4.78 is 12.3. The Balaban J connectivity index is 2.22. The highest BCUT2D eigenvalue weighted by molar-refractivity contribution is 4.65. The summed E-state index contributed by atoms with van der Waals surface area (Å²) in [7, 11) is 1.72. The molecule has 0 saturated heterocycles. The molecule has 7 heavy (non-hydrogen) atoms. The second kappa shape index (κ2) is 2.31. The summed E-state index contributed by atoms with van der Waals surface area (Å²) in [6.45, 7) is 0. The molecule has 1 nitrogen and oxygen atoms in total. The van der Waals surface area contributed by atoms with Crippen molar-refractivity contribution in [3.05, 3.63) is 0 Å². The van der Waals surface area contributed by atoms with Crippen LogP contribution in [0.25, 0.3) is 0 Å². The van der Waals surface area contributed by atoms with Gasteiger partial charge in [-0.05, 0) is 12.8 Å². The molecule has 1 aliphatic rings. The lowest BCUT2D eigenvalue weighted by atomic mass is 10.3. The Morgan fingerprint density at radius 3 is 2.86 bits per heavy atom. The second-order valence-corrected chi connectivity index (χ2v) is 1.96. The van der Waals surface area contributed by atoms with Crippen LogP contribution in [-0.2, 0) is 4.74 Å². The van der Waals surface area contributed by atoms with Crippen molar-refractivity contribution in [1.82, 2.24) is 0 Å². The van der Waals surface area contributed by atoms with E-state index in [1.165, 1.54) is 0 Å².